The Bertz CT molecular complexity index is 962. The Morgan fingerprint density at radius 3 is 2.59 bits per heavy atom. The van der Waals surface area contributed by atoms with Crippen LogP contribution in [0.25, 0.3) is 0 Å². The molecule has 0 aromatic heterocycles. The van der Waals surface area contributed by atoms with Crippen LogP contribution in [0, 0.1) is 17.2 Å². The molecule has 0 bridgehead atoms. The van der Waals surface area contributed by atoms with Crippen molar-refractivity contribution in [3.63, 3.8) is 0 Å². The predicted molar refractivity (Wildman–Crippen MR) is 111 cm³/mol. The minimum absolute atomic E-state index is 0.00692. The van der Waals surface area contributed by atoms with E-state index >= 15 is 0 Å². The summed E-state index contributed by atoms with van der Waals surface area (Å²) in [7, 11) is 3.23. The van der Waals surface area contributed by atoms with Gasteiger partial charge in [0.1, 0.15) is 5.75 Å². The van der Waals surface area contributed by atoms with E-state index in [0.29, 0.717) is 53.5 Å². The highest BCUT2D eigenvalue weighted by Crippen LogP contribution is 2.28. The van der Waals surface area contributed by atoms with Crippen molar-refractivity contribution in [3.05, 3.63) is 58.6 Å². The van der Waals surface area contributed by atoms with Gasteiger partial charge >= 0.3 is 0 Å². The molecule has 29 heavy (non-hydrogen) atoms. The van der Waals surface area contributed by atoms with Gasteiger partial charge in [0, 0.05) is 36.8 Å². The Balaban J connectivity index is 1.65. The zero-order valence-electron chi connectivity index (χ0n) is 16.4. The van der Waals surface area contributed by atoms with Gasteiger partial charge in [0.15, 0.2) is 0 Å². The van der Waals surface area contributed by atoms with Crippen molar-refractivity contribution in [1.82, 2.24) is 4.90 Å². The summed E-state index contributed by atoms with van der Waals surface area (Å²) in [6.07, 6.45) is 1.16. The Morgan fingerprint density at radius 1 is 1.21 bits per heavy atom. The summed E-state index contributed by atoms with van der Waals surface area (Å²) in [4.78, 5) is 29.1. The van der Waals surface area contributed by atoms with E-state index in [2.05, 4.69) is 6.07 Å². The van der Waals surface area contributed by atoms with Crippen LogP contribution < -0.4 is 9.64 Å². The van der Waals surface area contributed by atoms with E-state index < -0.39 is 0 Å². The van der Waals surface area contributed by atoms with Crippen LogP contribution >= 0.6 is 11.6 Å². The van der Waals surface area contributed by atoms with Gasteiger partial charge in [0.05, 0.1) is 24.3 Å². The molecule has 150 valence electrons. The second-order valence-electron chi connectivity index (χ2n) is 6.97. The Labute approximate surface area is 175 Å². The molecule has 1 aliphatic heterocycles. The lowest BCUT2D eigenvalue weighted by Crippen LogP contribution is -2.43. The number of nitriles is 1. The van der Waals surface area contributed by atoms with Crippen LogP contribution in [0.5, 0.6) is 5.75 Å². The van der Waals surface area contributed by atoms with Crippen LogP contribution in [0.2, 0.25) is 5.02 Å². The highest BCUT2D eigenvalue weighted by molar-refractivity contribution is 6.31. The second-order valence-corrected chi connectivity index (χ2v) is 7.41. The Kier molecular flexibility index (Phi) is 6.40. The predicted octanol–water partition coefficient (Wildman–Crippen LogP) is 3.74. The fraction of sp³-hybridized carbons (Fsp3) is 0.318. The minimum Gasteiger partial charge on any atom is -0.496 e. The van der Waals surface area contributed by atoms with Gasteiger partial charge in [-0.05, 0) is 49.2 Å². The second kappa shape index (κ2) is 8.97. The number of likely N-dealkylation sites (tertiary alicyclic amines) is 1. The van der Waals surface area contributed by atoms with Gasteiger partial charge in [0.2, 0.25) is 5.91 Å². The summed E-state index contributed by atoms with van der Waals surface area (Å²) < 4.78 is 5.28. The number of rotatable bonds is 4. The molecule has 1 heterocycles. The van der Waals surface area contributed by atoms with E-state index in [9.17, 15) is 9.59 Å². The van der Waals surface area contributed by atoms with Crippen LogP contribution in [0.15, 0.2) is 42.5 Å². The van der Waals surface area contributed by atoms with Crippen LogP contribution in [0.3, 0.4) is 0 Å². The average Bonchev–Trinajstić information content (AvgIpc) is 2.77. The molecular formula is C22H22ClN3O3. The maximum absolute atomic E-state index is 12.9. The van der Waals surface area contributed by atoms with Crippen molar-refractivity contribution >= 4 is 29.1 Å². The third kappa shape index (κ3) is 4.52. The molecule has 2 amide bonds. The molecule has 7 heteroatoms. The maximum Gasteiger partial charge on any atom is 0.257 e. The molecule has 2 aromatic rings. The van der Waals surface area contributed by atoms with Crippen LogP contribution in [0.1, 0.15) is 28.8 Å². The Hall–Kier alpha value is -3.04. The minimum atomic E-state index is -0.170. The third-order valence-electron chi connectivity index (χ3n) is 5.22. The van der Waals surface area contributed by atoms with Gasteiger partial charge < -0.3 is 14.5 Å². The van der Waals surface area contributed by atoms with E-state index in [1.54, 1.807) is 53.2 Å². The topological polar surface area (TPSA) is 73.6 Å². The van der Waals surface area contributed by atoms with E-state index in [0.717, 1.165) is 0 Å². The SMILES string of the molecule is COc1ccc(Cl)cc1C(=O)N1CCC(C(=O)N(C)c2cccc(C#N)c2)CC1. The van der Waals surface area contributed by atoms with E-state index in [1.165, 1.54) is 7.11 Å². The number of hydrogen-bond donors (Lipinski definition) is 0. The number of hydrogen-bond acceptors (Lipinski definition) is 4. The molecule has 0 aliphatic carbocycles. The lowest BCUT2D eigenvalue weighted by molar-refractivity contribution is -0.123. The number of benzene rings is 2. The number of halogens is 1. The molecule has 3 rings (SSSR count). The first kappa shape index (κ1) is 20.7. The average molecular weight is 412 g/mol. The van der Waals surface area contributed by atoms with Crippen molar-refractivity contribution in [3.8, 4) is 11.8 Å². The molecule has 0 saturated carbocycles. The number of methoxy groups -OCH3 is 1. The monoisotopic (exact) mass is 411 g/mol. The summed E-state index contributed by atoms with van der Waals surface area (Å²) in [5, 5.41) is 9.53. The number of ether oxygens (including phenoxy) is 1. The molecule has 0 unspecified atom stereocenters. The zero-order chi connectivity index (χ0) is 21.0. The van der Waals surface area contributed by atoms with Crippen molar-refractivity contribution in [1.29, 1.82) is 5.26 Å². The molecule has 2 aromatic carbocycles. The van der Waals surface area contributed by atoms with Gasteiger partial charge in [-0.15, -0.1) is 0 Å². The van der Waals surface area contributed by atoms with Gasteiger partial charge in [-0.3, -0.25) is 9.59 Å². The first-order chi connectivity index (χ1) is 13.9. The van der Waals surface area contributed by atoms with Crippen LogP contribution in [0.4, 0.5) is 5.69 Å². The number of amides is 2. The number of piperidine rings is 1. The fourth-order valence-electron chi connectivity index (χ4n) is 3.53. The zero-order valence-corrected chi connectivity index (χ0v) is 17.1. The van der Waals surface area contributed by atoms with Crippen molar-refractivity contribution in [2.45, 2.75) is 12.8 Å². The normalized spacial score (nSPS) is 14.2. The van der Waals surface area contributed by atoms with Crippen molar-refractivity contribution in [2.24, 2.45) is 5.92 Å². The van der Waals surface area contributed by atoms with E-state index in [-0.39, 0.29) is 17.7 Å². The summed E-state index contributed by atoms with van der Waals surface area (Å²) in [5.41, 5.74) is 1.63. The largest absolute Gasteiger partial charge is 0.496 e. The van der Waals surface area contributed by atoms with Gasteiger partial charge in [-0.1, -0.05) is 17.7 Å². The quantitative estimate of drug-likeness (QED) is 0.768. The molecule has 0 atom stereocenters. The molecule has 0 N–H and O–H groups in total. The fourth-order valence-corrected chi connectivity index (χ4v) is 3.70. The molecule has 0 radical (unpaired) electrons. The summed E-state index contributed by atoms with van der Waals surface area (Å²) in [5.74, 6) is 0.156. The molecule has 0 spiro atoms. The van der Waals surface area contributed by atoms with Gasteiger partial charge in [0.25, 0.3) is 5.91 Å². The van der Waals surface area contributed by atoms with E-state index in [1.807, 2.05) is 6.07 Å². The Morgan fingerprint density at radius 2 is 1.93 bits per heavy atom. The van der Waals surface area contributed by atoms with Crippen molar-refractivity contribution < 1.29 is 14.3 Å². The molecule has 1 aliphatic rings. The summed E-state index contributed by atoms with van der Waals surface area (Å²) in [6, 6.07) is 14.0. The van der Waals surface area contributed by atoms with E-state index in [4.69, 9.17) is 21.6 Å². The highest BCUT2D eigenvalue weighted by atomic mass is 35.5. The van der Waals surface area contributed by atoms with Crippen molar-refractivity contribution in [2.75, 3.05) is 32.1 Å². The highest BCUT2D eigenvalue weighted by Gasteiger charge is 2.31. The number of anilines is 1. The summed E-state index contributed by atoms with van der Waals surface area (Å²) in [6.45, 7) is 0.966. The molecular weight excluding hydrogens is 390 g/mol. The lowest BCUT2D eigenvalue weighted by Gasteiger charge is -2.33. The maximum atomic E-state index is 12.9. The van der Waals surface area contributed by atoms with Gasteiger partial charge in [-0.2, -0.15) is 5.26 Å². The lowest BCUT2D eigenvalue weighted by atomic mass is 9.94. The first-order valence-corrected chi connectivity index (χ1v) is 9.73. The van der Waals surface area contributed by atoms with Crippen LogP contribution in [-0.2, 0) is 4.79 Å². The number of carbonyl (C=O) groups excluding carboxylic acids is 2. The summed E-state index contributed by atoms with van der Waals surface area (Å²) >= 11 is 6.04. The third-order valence-corrected chi connectivity index (χ3v) is 5.45. The molecule has 6 nitrogen and oxygen atoms in total. The van der Waals surface area contributed by atoms with Gasteiger partial charge in [-0.25, -0.2) is 0 Å². The molecule has 1 saturated heterocycles. The smallest absolute Gasteiger partial charge is 0.257 e. The van der Waals surface area contributed by atoms with Crippen LogP contribution in [-0.4, -0.2) is 44.0 Å². The standard InChI is InChI=1S/C22H22ClN3O3/c1-25(18-5-3-4-15(12-18)14-24)21(27)16-8-10-26(11-9-16)22(28)19-13-17(23)6-7-20(19)29-2/h3-7,12-13,16H,8-11H2,1-2H3. The first-order valence-electron chi connectivity index (χ1n) is 9.35. The number of carbonyl (C=O) groups is 2. The number of nitrogens with zero attached hydrogens (tertiary/aromatic N) is 3. The molecule has 1 fully saturated rings.